The maximum atomic E-state index is 5.41. The Morgan fingerprint density at radius 1 is 0.404 bits per heavy atom. The molecule has 0 spiro atoms. The van der Waals surface area contributed by atoms with Gasteiger partial charge in [-0.15, -0.1) is 0 Å². The Morgan fingerprint density at radius 3 is 1.08 bits per heavy atom. The number of aromatic amines is 2. The third-order valence-electron chi connectivity index (χ3n) is 9.90. The van der Waals surface area contributed by atoms with Crippen LogP contribution in [0.25, 0.3) is 90.9 Å². The molecule has 6 heteroatoms. The van der Waals surface area contributed by atoms with Crippen LogP contribution in [0.1, 0.15) is 36.6 Å². The first kappa shape index (κ1) is 31.3. The summed E-state index contributed by atoms with van der Waals surface area (Å²) < 4.78 is 4.41. The van der Waals surface area contributed by atoms with Gasteiger partial charge in [0.1, 0.15) is 13.1 Å². The van der Waals surface area contributed by atoms with E-state index in [0.29, 0.717) is 0 Å². The van der Waals surface area contributed by atoms with Crippen LogP contribution < -0.4 is 9.13 Å². The van der Waals surface area contributed by atoms with Crippen LogP contribution in [-0.2, 0) is 13.1 Å². The van der Waals surface area contributed by atoms with Crippen LogP contribution in [0.3, 0.4) is 0 Å². The molecule has 0 amide bonds. The number of nitrogens with one attached hydrogen (secondary N) is 2. The van der Waals surface area contributed by atoms with E-state index < -0.39 is 0 Å². The molecule has 9 rings (SSSR count). The SMILES string of the molecule is CC[n+]1cccc(-c2c3nc(c(-c4ccccc4)c4ccc([nH]4)c(-c4ccccc4)c4nc(c(-c5ccc[n+](CC)c5)c5ccc2[nH]5)C=C4)C=C3)c1. The number of pyridine rings is 2. The van der Waals surface area contributed by atoms with Gasteiger partial charge in [0.05, 0.1) is 22.8 Å². The Kier molecular flexibility index (Phi) is 7.97. The summed E-state index contributed by atoms with van der Waals surface area (Å²) in [5, 5.41) is 0. The normalized spacial score (nSPS) is 12.0. The fourth-order valence-corrected chi connectivity index (χ4v) is 7.36. The zero-order valence-electron chi connectivity index (χ0n) is 29.2. The molecule has 2 aliphatic rings. The third kappa shape index (κ3) is 5.64. The van der Waals surface area contributed by atoms with Crippen molar-refractivity contribution in [2.75, 3.05) is 0 Å². The van der Waals surface area contributed by atoms with Gasteiger partial charge >= 0.3 is 0 Å². The largest absolute Gasteiger partial charge is 0.354 e. The van der Waals surface area contributed by atoms with Crippen molar-refractivity contribution in [2.45, 2.75) is 26.9 Å². The van der Waals surface area contributed by atoms with E-state index in [0.717, 1.165) is 102 Å². The lowest BCUT2D eigenvalue weighted by Gasteiger charge is -2.06. The lowest BCUT2D eigenvalue weighted by Crippen LogP contribution is -2.31. The van der Waals surface area contributed by atoms with Crippen molar-refractivity contribution in [3.8, 4) is 44.5 Å². The molecule has 6 nitrogen and oxygen atoms in total. The van der Waals surface area contributed by atoms with Crippen molar-refractivity contribution in [3.63, 3.8) is 0 Å². The molecule has 0 unspecified atom stereocenters. The maximum Gasteiger partial charge on any atom is 0.176 e. The van der Waals surface area contributed by atoms with Gasteiger partial charge in [0.15, 0.2) is 24.8 Å². The second-order valence-electron chi connectivity index (χ2n) is 13.1. The van der Waals surface area contributed by atoms with Crippen molar-refractivity contribution < 1.29 is 9.13 Å². The Hall–Kier alpha value is -6.66. The third-order valence-corrected chi connectivity index (χ3v) is 9.90. The van der Waals surface area contributed by atoms with Crippen molar-refractivity contribution in [2.24, 2.45) is 0 Å². The summed E-state index contributed by atoms with van der Waals surface area (Å²) in [6, 6.07) is 38.3. The van der Waals surface area contributed by atoms with E-state index in [4.69, 9.17) is 9.97 Å². The highest BCUT2D eigenvalue weighted by atomic mass is 14.9. The topological polar surface area (TPSA) is 65.1 Å². The number of benzene rings is 2. The molecule has 7 heterocycles. The molecule has 0 atom stereocenters. The van der Waals surface area contributed by atoms with Crippen molar-refractivity contribution in [1.29, 1.82) is 0 Å². The van der Waals surface area contributed by atoms with Crippen LogP contribution in [-0.4, -0.2) is 19.9 Å². The lowest BCUT2D eigenvalue weighted by molar-refractivity contribution is -0.693. The van der Waals surface area contributed by atoms with Gasteiger partial charge in [-0.25, -0.2) is 19.1 Å². The molecular weight excluding hydrogens is 637 g/mol. The van der Waals surface area contributed by atoms with E-state index in [9.17, 15) is 0 Å². The molecule has 5 aromatic heterocycles. The average molecular weight is 675 g/mol. The Labute approximate surface area is 302 Å². The van der Waals surface area contributed by atoms with Gasteiger partial charge < -0.3 is 9.97 Å². The highest BCUT2D eigenvalue weighted by Crippen LogP contribution is 2.38. The number of nitrogens with zero attached hydrogens (tertiary/aromatic N) is 4. The van der Waals surface area contributed by atoms with Crippen LogP contribution in [0.5, 0.6) is 0 Å². The van der Waals surface area contributed by atoms with Crippen LogP contribution in [0.4, 0.5) is 0 Å². The van der Waals surface area contributed by atoms with Crippen molar-refractivity contribution >= 4 is 46.4 Å². The Morgan fingerprint density at radius 2 is 0.731 bits per heavy atom. The molecule has 7 aromatic rings. The standard InChI is InChI=1S/C46H38N6/c1-3-51-27-11-17-33(29-51)45-39-23-21-37(48-39)43(31-13-7-5-8-14-31)35-19-20-36(47-35)44(32-15-9-6-10-16-32)38-22-24-40(49-38)46(42-26-25-41(45)50-42)34-18-12-28-52(4-2)30-34/h5-30,47,50H,3-4H2,1-2H3/q+2. The number of hydrogen-bond acceptors (Lipinski definition) is 2. The minimum atomic E-state index is 0.869. The first-order valence-electron chi connectivity index (χ1n) is 17.9. The second kappa shape index (κ2) is 13.2. The van der Waals surface area contributed by atoms with E-state index >= 15 is 0 Å². The summed E-state index contributed by atoms with van der Waals surface area (Å²) >= 11 is 0. The summed E-state index contributed by atoms with van der Waals surface area (Å²) in [7, 11) is 0. The van der Waals surface area contributed by atoms with Gasteiger partial charge in [0.2, 0.25) is 0 Å². The smallest absolute Gasteiger partial charge is 0.176 e. The van der Waals surface area contributed by atoms with E-state index in [1.165, 1.54) is 0 Å². The van der Waals surface area contributed by atoms with Gasteiger partial charge in [-0.05, 0) is 85.7 Å². The van der Waals surface area contributed by atoms with Gasteiger partial charge in [0.25, 0.3) is 0 Å². The second-order valence-corrected chi connectivity index (χ2v) is 13.1. The lowest BCUT2D eigenvalue weighted by atomic mass is 10.0. The molecule has 0 fully saturated rings. The fraction of sp³-hybridized carbons (Fsp3) is 0.0870. The molecule has 0 saturated carbocycles. The number of aromatic nitrogens is 6. The number of hydrogen-bond donors (Lipinski definition) is 2. The number of aryl methyl sites for hydroxylation is 2. The molecule has 250 valence electrons. The highest BCUT2D eigenvalue weighted by Gasteiger charge is 2.20. The number of fused-ring (bicyclic) bond motifs is 8. The first-order chi connectivity index (χ1) is 25.7. The molecule has 0 radical (unpaired) electrons. The summed E-state index contributed by atoms with van der Waals surface area (Å²) in [5.74, 6) is 0. The monoisotopic (exact) mass is 674 g/mol. The zero-order valence-corrected chi connectivity index (χ0v) is 29.2. The van der Waals surface area contributed by atoms with Gasteiger partial charge in [-0.3, -0.25) is 0 Å². The van der Waals surface area contributed by atoms with Crippen molar-refractivity contribution in [1.82, 2.24) is 19.9 Å². The van der Waals surface area contributed by atoms with Gasteiger partial charge in [-0.1, -0.05) is 60.7 Å². The first-order valence-corrected chi connectivity index (χ1v) is 17.9. The van der Waals surface area contributed by atoms with Crippen LogP contribution in [0.15, 0.2) is 134 Å². The molecule has 8 bridgehead atoms. The van der Waals surface area contributed by atoms with Crippen LogP contribution in [0.2, 0.25) is 0 Å². The van der Waals surface area contributed by atoms with E-state index in [-0.39, 0.29) is 0 Å². The molecule has 2 aliphatic heterocycles. The predicted molar refractivity (Wildman–Crippen MR) is 212 cm³/mol. The maximum absolute atomic E-state index is 5.41. The minimum absolute atomic E-state index is 0.869. The fourth-order valence-electron chi connectivity index (χ4n) is 7.36. The minimum Gasteiger partial charge on any atom is -0.354 e. The van der Waals surface area contributed by atoms with Gasteiger partial charge in [-0.2, -0.15) is 0 Å². The molecular formula is C46H38N6+2. The molecule has 2 aromatic carbocycles. The molecule has 0 aliphatic carbocycles. The molecule has 0 saturated heterocycles. The predicted octanol–water partition coefficient (Wildman–Crippen LogP) is 9.94. The summed E-state index contributed by atoms with van der Waals surface area (Å²) in [4.78, 5) is 18.5. The molecule has 52 heavy (non-hydrogen) atoms. The van der Waals surface area contributed by atoms with Crippen LogP contribution >= 0.6 is 0 Å². The summed E-state index contributed by atoms with van der Waals surface area (Å²) in [6.07, 6.45) is 17.2. The quantitative estimate of drug-likeness (QED) is 0.173. The van der Waals surface area contributed by atoms with Gasteiger partial charge in [0, 0.05) is 67.6 Å². The van der Waals surface area contributed by atoms with Crippen LogP contribution in [0, 0.1) is 0 Å². The Balaban J connectivity index is 1.48. The number of H-pyrrole nitrogens is 2. The Bertz CT molecular complexity index is 2520. The number of rotatable bonds is 6. The zero-order chi connectivity index (χ0) is 35.0. The average Bonchev–Trinajstić information content (AvgIpc) is 4.04. The molecule has 2 N–H and O–H groups in total. The van der Waals surface area contributed by atoms with Crippen molar-refractivity contribution in [3.05, 3.63) is 157 Å². The van der Waals surface area contributed by atoms with E-state index in [1.807, 2.05) is 0 Å². The summed E-state index contributed by atoms with van der Waals surface area (Å²) in [5.41, 5.74) is 16.1. The van der Waals surface area contributed by atoms with E-state index in [2.05, 4.69) is 191 Å². The van der Waals surface area contributed by atoms with E-state index in [1.54, 1.807) is 0 Å². The summed E-state index contributed by atoms with van der Waals surface area (Å²) in [6.45, 7) is 6.06. The highest BCUT2D eigenvalue weighted by molar-refractivity contribution is 5.99.